The first kappa shape index (κ1) is 18.3. The molecule has 0 spiro atoms. The lowest BCUT2D eigenvalue weighted by atomic mass is 10.2. The van der Waals surface area contributed by atoms with Gasteiger partial charge in [0.15, 0.2) is 6.10 Å². The summed E-state index contributed by atoms with van der Waals surface area (Å²) in [6.45, 7) is 2.12. The highest BCUT2D eigenvalue weighted by Crippen LogP contribution is 2.36. The van der Waals surface area contributed by atoms with Crippen LogP contribution in [0.15, 0.2) is 36.4 Å². The van der Waals surface area contributed by atoms with Gasteiger partial charge in [-0.15, -0.1) is 0 Å². The minimum atomic E-state index is -0.862. The minimum Gasteiger partial charge on any atom is -0.490 e. The summed E-state index contributed by atoms with van der Waals surface area (Å²) >= 11 is 11.9. The zero-order valence-electron chi connectivity index (χ0n) is 13.6. The number of fused-ring (bicyclic) bond motifs is 1. The van der Waals surface area contributed by atoms with Crippen LogP contribution in [0.5, 0.6) is 11.5 Å². The van der Waals surface area contributed by atoms with E-state index in [4.69, 9.17) is 32.7 Å². The first-order valence-electron chi connectivity index (χ1n) is 7.71. The Bertz CT molecular complexity index is 874. The van der Waals surface area contributed by atoms with Crippen LogP contribution in [0.3, 0.4) is 0 Å². The lowest BCUT2D eigenvalue weighted by molar-refractivity contribution is -0.384. The molecular weight excluding hydrogens is 383 g/mol. The number of hydrogen-bond donors (Lipinski definition) is 0. The molecule has 136 valence electrons. The van der Waals surface area contributed by atoms with Gasteiger partial charge in [-0.3, -0.25) is 14.9 Å². The summed E-state index contributed by atoms with van der Waals surface area (Å²) in [5, 5.41) is 11.8. The molecule has 1 aliphatic heterocycles. The van der Waals surface area contributed by atoms with E-state index in [9.17, 15) is 14.9 Å². The standard InChI is InChI=1S/C17H14Cl2N2O5/c1-10(26-15-4-2-11(18)8-13(15)19)17(22)20-6-7-25-16-5-3-12(21(23)24)9-14(16)20/h2-5,8-10H,6-7H2,1H3. The monoisotopic (exact) mass is 396 g/mol. The third kappa shape index (κ3) is 3.68. The van der Waals surface area contributed by atoms with Crippen molar-refractivity contribution in [3.05, 3.63) is 56.6 Å². The van der Waals surface area contributed by atoms with Gasteiger partial charge in [-0.2, -0.15) is 0 Å². The summed E-state index contributed by atoms with van der Waals surface area (Å²) in [4.78, 5) is 24.7. The molecule has 1 aliphatic rings. The zero-order chi connectivity index (χ0) is 18.8. The number of anilines is 1. The van der Waals surface area contributed by atoms with Crippen LogP contribution in [0.25, 0.3) is 0 Å². The van der Waals surface area contributed by atoms with Crippen molar-refractivity contribution in [2.24, 2.45) is 0 Å². The van der Waals surface area contributed by atoms with Crippen LogP contribution in [-0.4, -0.2) is 30.1 Å². The van der Waals surface area contributed by atoms with Crippen LogP contribution in [0.4, 0.5) is 11.4 Å². The van der Waals surface area contributed by atoms with Gasteiger partial charge in [0.1, 0.15) is 18.1 Å². The molecule has 26 heavy (non-hydrogen) atoms. The molecule has 1 heterocycles. The normalized spacial score (nSPS) is 14.2. The minimum absolute atomic E-state index is 0.124. The molecule has 7 nitrogen and oxygen atoms in total. The van der Waals surface area contributed by atoms with Crippen molar-refractivity contribution >= 4 is 40.5 Å². The number of nitro benzene ring substituents is 1. The van der Waals surface area contributed by atoms with Gasteiger partial charge in [-0.1, -0.05) is 23.2 Å². The topological polar surface area (TPSA) is 81.9 Å². The van der Waals surface area contributed by atoms with E-state index in [1.54, 1.807) is 19.1 Å². The maximum Gasteiger partial charge on any atom is 0.271 e. The fourth-order valence-corrected chi connectivity index (χ4v) is 3.03. The highest BCUT2D eigenvalue weighted by molar-refractivity contribution is 6.35. The summed E-state index contributed by atoms with van der Waals surface area (Å²) in [6.07, 6.45) is -0.862. The third-order valence-corrected chi connectivity index (χ3v) is 4.36. The van der Waals surface area contributed by atoms with E-state index in [0.717, 1.165) is 0 Å². The number of benzene rings is 2. The van der Waals surface area contributed by atoms with Crippen LogP contribution in [0, 0.1) is 10.1 Å². The highest BCUT2D eigenvalue weighted by Gasteiger charge is 2.30. The molecule has 2 aromatic carbocycles. The quantitative estimate of drug-likeness (QED) is 0.573. The predicted molar refractivity (Wildman–Crippen MR) is 97.5 cm³/mol. The molecule has 1 unspecified atom stereocenters. The van der Waals surface area contributed by atoms with Gasteiger partial charge in [0.05, 0.1) is 22.2 Å². The fourth-order valence-electron chi connectivity index (χ4n) is 2.58. The largest absolute Gasteiger partial charge is 0.490 e. The maximum atomic E-state index is 12.8. The van der Waals surface area contributed by atoms with Gasteiger partial charge in [0.2, 0.25) is 0 Å². The van der Waals surface area contributed by atoms with E-state index >= 15 is 0 Å². The van der Waals surface area contributed by atoms with Crippen molar-refractivity contribution in [2.75, 3.05) is 18.1 Å². The zero-order valence-corrected chi connectivity index (χ0v) is 15.2. The Labute approximate surface area is 159 Å². The number of amides is 1. The fraction of sp³-hybridized carbons (Fsp3) is 0.235. The van der Waals surface area contributed by atoms with Crippen molar-refractivity contribution in [2.45, 2.75) is 13.0 Å². The SMILES string of the molecule is CC(Oc1ccc(Cl)cc1Cl)C(=O)N1CCOc2ccc([N+](=O)[O-])cc21. The molecular formula is C17H14Cl2N2O5. The first-order chi connectivity index (χ1) is 12.4. The molecule has 0 aromatic heterocycles. The number of nitro groups is 1. The summed E-state index contributed by atoms with van der Waals surface area (Å²) in [5.74, 6) is 0.373. The summed E-state index contributed by atoms with van der Waals surface area (Å²) in [5.41, 5.74) is 0.217. The van der Waals surface area contributed by atoms with Gasteiger partial charge >= 0.3 is 0 Å². The molecule has 0 radical (unpaired) electrons. The number of rotatable bonds is 4. The molecule has 0 saturated carbocycles. The molecule has 0 bridgehead atoms. The average molecular weight is 397 g/mol. The van der Waals surface area contributed by atoms with Gasteiger partial charge in [0, 0.05) is 17.2 Å². The number of ether oxygens (including phenoxy) is 2. The summed E-state index contributed by atoms with van der Waals surface area (Å²) in [7, 11) is 0. The summed E-state index contributed by atoms with van der Waals surface area (Å²) < 4.78 is 11.1. The van der Waals surface area contributed by atoms with Gasteiger partial charge in [-0.05, 0) is 31.2 Å². The van der Waals surface area contributed by atoms with Crippen molar-refractivity contribution in [3.8, 4) is 11.5 Å². The Morgan fingerprint density at radius 2 is 2.08 bits per heavy atom. The molecule has 3 rings (SSSR count). The lowest BCUT2D eigenvalue weighted by Crippen LogP contribution is -2.44. The third-order valence-electron chi connectivity index (χ3n) is 3.83. The van der Waals surface area contributed by atoms with E-state index in [-0.39, 0.29) is 29.8 Å². The molecule has 9 heteroatoms. The molecule has 0 aliphatic carbocycles. The second-order valence-electron chi connectivity index (χ2n) is 5.58. The Balaban J connectivity index is 1.84. The Morgan fingerprint density at radius 1 is 1.31 bits per heavy atom. The lowest BCUT2D eigenvalue weighted by Gasteiger charge is -2.31. The number of hydrogen-bond acceptors (Lipinski definition) is 5. The number of carbonyl (C=O) groups excluding carboxylic acids is 1. The van der Waals surface area contributed by atoms with Gasteiger partial charge in [-0.25, -0.2) is 0 Å². The van der Waals surface area contributed by atoms with Gasteiger partial charge < -0.3 is 14.4 Å². The first-order valence-corrected chi connectivity index (χ1v) is 8.46. The maximum absolute atomic E-state index is 12.8. The van der Waals surface area contributed by atoms with E-state index in [2.05, 4.69) is 0 Å². The molecule has 0 fully saturated rings. The van der Waals surface area contributed by atoms with Gasteiger partial charge in [0.25, 0.3) is 11.6 Å². The van der Waals surface area contributed by atoms with Crippen LogP contribution in [-0.2, 0) is 4.79 Å². The van der Waals surface area contributed by atoms with E-state index in [1.165, 1.54) is 29.2 Å². The predicted octanol–water partition coefficient (Wildman–Crippen LogP) is 4.09. The molecule has 1 atom stereocenters. The summed E-state index contributed by atoms with van der Waals surface area (Å²) in [6, 6.07) is 8.83. The van der Waals surface area contributed by atoms with Crippen molar-refractivity contribution < 1.29 is 19.2 Å². The second-order valence-corrected chi connectivity index (χ2v) is 6.43. The Hall–Kier alpha value is -2.51. The van der Waals surface area contributed by atoms with Crippen LogP contribution < -0.4 is 14.4 Å². The van der Waals surface area contributed by atoms with Crippen molar-refractivity contribution in [3.63, 3.8) is 0 Å². The molecule has 2 aromatic rings. The molecule has 0 N–H and O–H groups in total. The molecule has 0 saturated heterocycles. The van der Waals surface area contributed by atoms with Crippen LogP contribution in [0.1, 0.15) is 6.92 Å². The number of halogens is 2. The number of carbonyl (C=O) groups is 1. The average Bonchev–Trinajstić information content (AvgIpc) is 2.62. The Kier molecular flexibility index (Phi) is 5.20. The van der Waals surface area contributed by atoms with Crippen LogP contribution >= 0.6 is 23.2 Å². The van der Waals surface area contributed by atoms with E-state index in [0.29, 0.717) is 22.2 Å². The van der Waals surface area contributed by atoms with E-state index in [1.807, 2.05) is 0 Å². The van der Waals surface area contributed by atoms with Crippen LogP contribution in [0.2, 0.25) is 10.0 Å². The molecule has 1 amide bonds. The second kappa shape index (κ2) is 7.39. The van der Waals surface area contributed by atoms with E-state index < -0.39 is 11.0 Å². The smallest absolute Gasteiger partial charge is 0.271 e. The number of non-ortho nitro benzene ring substituents is 1. The van der Waals surface area contributed by atoms with Crippen molar-refractivity contribution in [1.82, 2.24) is 0 Å². The highest BCUT2D eigenvalue weighted by atomic mass is 35.5. The number of nitrogens with zero attached hydrogens (tertiary/aromatic N) is 2. The van der Waals surface area contributed by atoms with Crippen molar-refractivity contribution in [1.29, 1.82) is 0 Å². The Morgan fingerprint density at radius 3 is 2.77 bits per heavy atom.